The van der Waals surface area contributed by atoms with Crippen LogP contribution in [0.4, 0.5) is 5.95 Å². The van der Waals surface area contributed by atoms with Crippen LogP contribution in [0, 0.1) is 0 Å². The third-order valence-corrected chi connectivity index (χ3v) is 3.31. The fraction of sp³-hybridized carbons (Fsp3) is 0.429. The normalized spacial score (nSPS) is 15.6. The van der Waals surface area contributed by atoms with Crippen LogP contribution in [0.1, 0.15) is 0 Å². The Balaban J connectivity index is 1.62. The fourth-order valence-corrected chi connectivity index (χ4v) is 2.16. The quantitative estimate of drug-likeness (QED) is 0.837. The highest BCUT2D eigenvalue weighted by atomic mass is 16.5. The molecule has 3 rings (SSSR count). The molecule has 2 N–H and O–H groups in total. The first-order valence-corrected chi connectivity index (χ1v) is 7.16. The number of pyridine rings is 1. The van der Waals surface area contributed by atoms with E-state index in [1.165, 1.54) is 0 Å². The summed E-state index contributed by atoms with van der Waals surface area (Å²) >= 11 is 0. The summed E-state index contributed by atoms with van der Waals surface area (Å²) in [6, 6.07) is 3.87. The SMILES string of the molecule is Nc1nc(OCCN2CCOCC2)nc(-c2ccncc2)n1. The summed E-state index contributed by atoms with van der Waals surface area (Å²) in [5, 5.41) is 0. The highest BCUT2D eigenvalue weighted by molar-refractivity contribution is 5.54. The van der Waals surface area contributed by atoms with E-state index < -0.39 is 0 Å². The zero-order valence-electron chi connectivity index (χ0n) is 12.2. The van der Waals surface area contributed by atoms with Crippen LogP contribution in [0.2, 0.25) is 0 Å². The van der Waals surface area contributed by atoms with Gasteiger partial charge in [0.15, 0.2) is 5.82 Å². The summed E-state index contributed by atoms with van der Waals surface area (Å²) in [6.45, 7) is 4.69. The first-order valence-electron chi connectivity index (χ1n) is 7.16. The van der Waals surface area contributed by atoms with Gasteiger partial charge < -0.3 is 15.2 Å². The van der Waals surface area contributed by atoms with E-state index in [0.717, 1.165) is 38.4 Å². The molecule has 8 heteroatoms. The molecule has 0 bridgehead atoms. The fourth-order valence-electron chi connectivity index (χ4n) is 2.16. The van der Waals surface area contributed by atoms with E-state index in [1.54, 1.807) is 12.4 Å². The van der Waals surface area contributed by atoms with E-state index in [2.05, 4.69) is 24.8 Å². The maximum Gasteiger partial charge on any atom is 0.321 e. The van der Waals surface area contributed by atoms with Gasteiger partial charge in [-0.05, 0) is 12.1 Å². The van der Waals surface area contributed by atoms with Crippen molar-refractivity contribution in [3.63, 3.8) is 0 Å². The van der Waals surface area contributed by atoms with Gasteiger partial charge in [-0.2, -0.15) is 15.0 Å². The average Bonchev–Trinajstić information content (AvgIpc) is 2.56. The number of morpholine rings is 1. The first kappa shape index (κ1) is 14.6. The molecule has 0 amide bonds. The van der Waals surface area contributed by atoms with Crippen LogP contribution < -0.4 is 10.5 Å². The molecular formula is C14H18N6O2. The zero-order valence-corrected chi connectivity index (χ0v) is 12.2. The molecule has 0 saturated carbocycles. The van der Waals surface area contributed by atoms with Crippen molar-refractivity contribution in [2.45, 2.75) is 0 Å². The van der Waals surface area contributed by atoms with Gasteiger partial charge in [-0.25, -0.2) is 0 Å². The lowest BCUT2D eigenvalue weighted by Crippen LogP contribution is -2.38. The van der Waals surface area contributed by atoms with E-state index >= 15 is 0 Å². The predicted octanol–water partition coefficient (Wildman–Crippen LogP) is 0.227. The van der Waals surface area contributed by atoms with Crippen LogP contribution in [-0.4, -0.2) is 64.3 Å². The topological polar surface area (TPSA) is 99.3 Å². The molecule has 2 aromatic heterocycles. The number of nitrogens with zero attached hydrogens (tertiary/aromatic N) is 5. The maximum absolute atomic E-state index is 5.73. The van der Waals surface area contributed by atoms with Gasteiger partial charge >= 0.3 is 6.01 Å². The van der Waals surface area contributed by atoms with Crippen molar-refractivity contribution in [1.82, 2.24) is 24.8 Å². The molecule has 1 aliphatic heterocycles. The number of aromatic nitrogens is 4. The van der Waals surface area contributed by atoms with Crippen molar-refractivity contribution in [2.75, 3.05) is 45.2 Å². The van der Waals surface area contributed by atoms with Crippen LogP contribution in [0.25, 0.3) is 11.4 Å². The Morgan fingerprint density at radius 2 is 1.91 bits per heavy atom. The minimum Gasteiger partial charge on any atom is -0.462 e. The highest BCUT2D eigenvalue weighted by Gasteiger charge is 2.11. The van der Waals surface area contributed by atoms with E-state index in [9.17, 15) is 0 Å². The van der Waals surface area contributed by atoms with Crippen molar-refractivity contribution in [2.24, 2.45) is 0 Å². The molecule has 3 heterocycles. The molecule has 1 fully saturated rings. The van der Waals surface area contributed by atoms with Crippen molar-refractivity contribution in [3.8, 4) is 17.4 Å². The summed E-state index contributed by atoms with van der Waals surface area (Å²) in [7, 11) is 0. The Kier molecular flexibility index (Phi) is 4.71. The third kappa shape index (κ3) is 3.86. The summed E-state index contributed by atoms with van der Waals surface area (Å²) in [4.78, 5) is 18.7. The van der Waals surface area contributed by atoms with Crippen molar-refractivity contribution in [3.05, 3.63) is 24.5 Å². The zero-order chi connectivity index (χ0) is 15.2. The summed E-state index contributed by atoms with van der Waals surface area (Å²) in [6.07, 6.45) is 3.35. The number of nitrogens with two attached hydrogens (primary N) is 1. The minimum absolute atomic E-state index is 0.142. The lowest BCUT2D eigenvalue weighted by Gasteiger charge is -2.26. The van der Waals surface area contributed by atoms with E-state index in [0.29, 0.717) is 12.4 Å². The Labute approximate surface area is 128 Å². The molecule has 116 valence electrons. The van der Waals surface area contributed by atoms with Crippen molar-refractivity contribution < 1.29 is 9.47 Å². The molecule has 0 radical (unpaired) electrons. The van der Waals surface area contributed by atoms with Crippen molar-refractivity contribution >= 4 is 5.95 Å². The number of rotatable bonds is 5. The Morgan fingerprint density at radius 1 is 1.14 bits per heavy atom. The Bertz CT molecular complexity index is 604. The van der Waals surface area contributed by atoms with E-state index in [4.69, 9.17) is 15.2 Å². The summed E-state index contributed by atoms with van der Waals surface area (Å²) < 4.78 is 10.9. The number of hydrogen-bond acceptors (Lipinski definition) is 8. The van der Waals surface area contributed by atoms with Gasteiger partial charge in [0.05, 0.1) is 13.2 Å². The molecule has 8 nitrogen and oxygen atoms in total. The standard InChI is InChI=1S/C14H18N6O2/c15-13-17-12(11-1-3-16-4-2-11)18-14(19-13)22-10-7-20-5-8-21-9-6-20/h1-4H,5-10H2,(H2,15,17,18,19). The lowest BCUT2D eigenvalue weighted by molar-refractivity contribution is 0.0317. The van der Waals surface area contributed by atoms with Crippen LogP contribution in [0.3, 0.4) is 0 Å². The Hall–Kier alpha value is -2.32. The van der Waals surface area contributed by atoms with Crippen molar-refractivity contribution in [1.29, 1.82) is 0 Å². The largest absolute Gasteiger partial charge is 0.462 e. The van der Waals surface area contributed by atoms with E-state index in [1.807, 2.05) is 12.1 Å². The molecule has 0 aliphatic carbocycles. The van der Waals surface area contributed by atoms with Gasteiger partial charge in [-0.1, -0.05) is 0 Å². The van der Waals surface area contributed by atoms with Crippen LogP contribution >= 0.6 is 0 Å². The monoisotopic (exact) mass is 302 g/mol. The number of nitrogen functional groups attached to an aromatic ring is 1. The van der Waals surface area contributed by atoms with Crippen LogP contribution in [0.15, 0.2) is 24.5 Å². The number of anilines is 1. The molecule has 2 aromatic rings. The maximum atomic E-state index is 5.73. The molecule has 0 aromatic carbocycles. The second-order valence-corrected chi connectivity index (χ2v) is 4.84. The number of ether oxygens (including phenoxy) is 2. The number of hydrogen-bond donors (Lipinski definition) is 1. The molecule has 0 unspecified atom stereocenters. The minimum atomic E-state index is 0.142. The average molecular weight is 302 g/mol. The van der Waals surface area contributed by atoms with Gasteiger partial charge in [-0.3, -0.25) is 9.88 Å². The summed E-state index contributed by atoms with van der Waals surface area (Å²) in [5.74, 6) is 0.624. The third-order valence-electron chi connectivity index (χ3n) is 3.31. The van der Waals surface area contributed by atoms with Gasteiger partial charge in [-0.15, -0.1) is 0 Å². The van der Waals surface area contributed by atoms with Gasteiger partial charge in [0.1, 0.15) is 6.61 Å². The molecule has 1 aliphatic rings. The van der Waals surface area contributed by atoms with Gasteiger partial charge in [0, 0.05) is 37.6 Å². The van der Waals surface area contributed by atoms with Crippen LogP contribution in [-0.2, 0) is 4.74 Å². The first-order chi connectivity index (χ1) is 10.8. The summed E-state index contributed by atoms with van der Waals surface area (Å²) in [5.41, 5.74) is 6.55. The second kappa shape index (κ2) is 7.10. The highest BCUT2D eigenvalue weighted by Crippen LogP contribution is 2.16. The van der Waals surface area contributed by atoms with Gasteiger partial charge in [0.2, 0.25) is 5.95 Å². The molecule has 0 spiro atoms. The molecule has 22 heavy (non-hydrogen) atoms. The smallest absolute Gasteiger partial charge is 0.321 e. The van der Waals surface area contributed by atoms with E-state index in [-0.39, 0.29) is 12.0 Å². The van der Waals surface area contributed by atoms with Crippen LogP contribution in [0.5, 0.6) is 6.01 Å². The second-order valence-electron chi connectivity index (χ2n) is 4.84. The van der Waals surface area contributed by atoms with Gasteiger partial charge in [0.25, 0.3) is 0 Å². The lowest BCUT2D eigenvalue weighted by atomic mass is 10.2. The molecule has 1 saturated heterocycles. The molecular weight excluding hydrogens is 284 g/mol. The Morgan fingerprint density at radius 3 is 2.68 bits per heavy atom. The predicted molar refractivity (Wildman–Crippen MR) is 80.2 cm³/mol. The molecule has 0 atom stereocenters.